The molecule has 0 aliphatic carbocycles. The van der Waals surface area contributed by atoms with Crippen LogP contribution in [-0.2, 0) is 6.42 Å². The summed E-state index contributed by atoms with van der Waals surface area (Å²) in [6.45, 7) is 2.15. The molecule has 0 saturated carbocycles. The number of methoxy groups -OCH3 is 1. The smallest absolute Gasteiger partial charge is 0.126 e. The fourth-order valence-electron chi connectivity index (χ4n) is 1.69. The maximum atomic E-state index is 5.76. The highest BCUT2D eigenvalue weighted by Crippen LogP contribution is 2.34. The maximum Gasteiger partial charge on any atom is 0.126 e. The molecule has 2 nitrogen and oxygen atoms in total. The van der Waals surface area contributed by atoms with Crippen molar-refractivity contribution in [2.24, 2.45) is 0 Å². The SMILES string of the molecule is CCc1ccc(OC)c(-c2csc(N)c2)c1. The van der Waals surface area contributed by atoms with Gasteiger partial charge in [0.05, 0.1) is 12.1 Å². The summed E-state index contributed by atoms with van der Waals surface area (Å²) in [5.41, 5.74) is 9.32. The Morgan fingerprint density at radius 1 is 1.31 bits per heavy atom. The van der Waals surface area contributed by atoms with Gasteiger partial charge in [0.2, 0.25) is 0 Å². The van der Waals surface area contributed by atoms with Crippen molar-refractivity contribution in [3.05, 3.63) is 35.2 Å². The Labute approximate surface area is 99.7 Å². The normalized spacial score (nSPS) is 10.4. The van der Waals surface area contributed by atoms with Gasteiger partial charge >= 0.3 is 0 Å². The molecule has 2 rings (SSSR count). The van der Waals surface area contributed by atoms with E-state index in [2.05, 4.69) is 24.4 Å². The predicted molar refractivity (Wildman–Crippen MR) is 70.1 cm³/mol. The summed E-state index contributed by atoms with van der Waals surface area (Å²) in [5, 5.41) is 2.89. The van der Waals surface area contributed by atoms with Crippen molar-refractivity contribution in [3.8, 4) is 16.9 Å². The third-order valence-corrected chi connectivity index (χ3v) is 3.36. The molecule has 0 fully saturated rings. The minimum Gasteiger partial charge on any atom is -0.496 e. The van der Waals surface area contributed by atoms with E-state index in [1.54, 1.807) is 18.4 Å². The summed E-state index contributed by atoms with van der Waals surface area (Å²) < 4.78 is 5.37. The summed E-state index contributed by atoms with van der Waals surface area (Å²) in [6, 6.07) is 8.27. The molecule has 1 heterocycles. The average molecular weight is 233 g/mol. The molecule has 0 spiro atoms. The van der Waals surface area contributed by atoms with Gasteiger partial charge in [0.1, 0.15) is 5.75 Å². The van der Waals surface area contributed by atoms with Crippen molar-refractivity contribution in [2.75, 3.05) is 12.8 Å². The van der Waals surface area contributed by atoms with E-state index in [0.29, 0.717) is 0 Å². The van der Waals surface area contributed by atoms with Crippen molar-refractivity contribution < 1.29 is 4.74 Å². The Kier molecular flexibility index (Phi) is 3.15. The van der Waals surface area contributed by atoms with Gasteiger partial charge < -0.3 is 10.5 Å². The number of ether oxygens (including phenoxy) is 1. The molecule has 0 atom stereocenters. The Morgan fingerprint density at radius 2 is 2.12 bits per heavy atom. The van der Waals surface area contributed by atoms with Crippen LogP contribution in [0.5, 0.6) is 5.75 Å². The molecule has 16 heavy (non-hydrogen) atoms. The van der Waals surface area contributed by atoms with Crippen LogP contribution in [0.2, 0.25) is 0 Å². The van der Waals surface area contributed by atoms with Crippen molar-refractivity contribution >= 4 is 16.3 Å². The van der Waals surface area contributed by atoms with Crippen LogP contribution < -0.4 is 10.5 Å². The molecular weight excluding hydrogens is 218 g/mol. The van der Waals surface area contributed by atoms with E-state index in [0.717, 1.165) is 28.3 Å². The van der Waals surface area contributed by atoms with Crippen molar-refractivity contribution in [2.45, 2.75) is 13.3 Å². The number of benzene rings is 1. The Bertz CT molecular complexity index is 490. The number of hydrogen-bond acceptors (Lipinski definition) is 3. The standard InChI is InChI=1S/C13H15NOS/c1-3-9-4-5-12(15-2)11(6-9)10-7-13(14)16-8-10/h4-8H,3,14H2,1-2H3. The van der Waals surface area contributed by atoms with E-state index >= 15 is 0 Å². The summed E-state index contributed by atoms with van der Waals surface area (Å²) in [7, 11) is 1.69. The molecule has 2 aromatic rings. The molecule has 2 N–H and O–H groups in total. The summed E-state index contributed by atoms with van der Waals surface area (Å²) in [5.74, 6) is 0.898. The first kappa shape index (κ1) is 11.0. The molecule has 0 aliphatic rings. The largest absolute Gasteiger partial charge is 0.496 e. The number of nitrogens with two attached hydrogens (primary N) is 1. The maximum absolute atomic E-state index is 5.76. The highest BCUT2D eigenvalue weighted by molar-refractivity contribution is 7.14. The third kappa shape index (κ3) is 2.04. The lowest BCUT2D eigenvalue weighted by atomic mass is 10.0. The lowest BCUT2D eigenvalue weighted by Crippen LogP contribution is -1.89. The van der Waals surface area contributed by atoms with Gasteiger partial charge in [-0.15, -0.1) is 11.3 Å². The van der Waals surface area contributed by atoms with Crippen LogP contribution in [0.25, 0.3) is 11.1 Å². The molecule has 1 aromatic carbocycles. The van der Waals surface area contributed by atoms with Crippen molar-refractivity contribution in [1.82, 2.24) is 0 Å². The van der Waals surface area contributed by atoms with Crippen LogP contribution >= 0.6 is 11.3 Å². The van der Waals surface area contributed by atoms with Gasteiger partial charge in [-0.25, -0.2) is 0 Å². The molecule has 84 valence electrons. The van der Waals surface area contributed by atoms with Crippen LogP contribution in [-0.4, -0.2) is 7.11 Å². The molecule has 0 bridgehead atoms. The quantitative estimate of drug-likeness (QED) is 0.879. The van der Waals surface area contributed by atoms with E-state index in [-0.39, 0.29) is 0 Å². The number of anilines is 1. The van der Waals surface area contributed by atoms with Crippen LogP contribution in [0.3, 0.4) is 0 Å². The van der Waals surface area contributed by atoms with Crippen LogP contribution in [0.1, 0.15) is 12.5 Å². The zero-order valence-corrected chi connectivity index (χ0v) is 10.3. The molecule has 0 unspecified atom stereocenters. The van der Waals surface area contributed by atoms with Gasteiger partial charge in [-0.3, -0.25) is 0 Å². The van der Waals surface area contributed by atoms with Crippen molar-refractivity contribution in [3.63, 3.8) is 0 Å². The van der Waals surface area contributed by atoms with Gasteiger partial charge in [-0.05, 0) is 35.7 Å². The predicted octanol–water partition coefficient (Wildman–Crippen LogP) is 3.57. The van der Waals surface area contributed by atoms with Crippen molar-refractivity contribution in [1.29, 1.82) is 0 Å². The first-order chi connectivity index (χ1) is 7.74. The molecule has 1 aromatic heterocycles. The Morgan fingerprint density at radius 3 is 2.69 bits per heavy atom. The summed E-state index contributed by atoms with van der Waals surface area (Å²) in [6.07, 6.45) is 1.02. The topological polar surface area (TPSA) is 35.2 Å². The van der Waals surface area contributed by atoms with Crippen LogP contribution in [0, 0.1) is 0 Å². The zero-order chi connectivity index (χ0) is 11.5. The first-order valence-electron chi connectivity index (χ1n) is 5.26. The fraction of sp³-hybridized carbons (Fsp3) is 0.231. The van der Waals surface area contributed by atoms with Gasteiger partial charge in [0.15, 0.2) is 0 Å². The molecular formula is C13H15NOS. The second kappa shape index (κ2) is 4.58. The Balaban J connectivity index is 2.52. The van der Waals surface area contributed by atoms with E-state index in [1.807, 2.05) is 12.1 Å². The Hall–Kier alpha value is -1.48. The van der Waals surface area contributed by atoms with Gasteiger partial charge in [0.25, 0.3) is 0 Å². The van der Waals surface area contributed by atoms with E-state index in [4.69, 9.17) is 10.5 Å². The molecule has 0 aliphatic heterocycles. The second-order valence-electron chi connectivity index (χ2n) is 3.63. The minimum absolute atomic E-state index is 0.832. The highest BCUT2D eigenvalue weighted by Gasteiger charge is 2.08. The minimum atomic E-state index is 0.832. The third-order valence-electron chi connectivity index (χ3n) is 2.60. The molecule has 0 amide bonds. The van der Waals surface area contributed by atoms with Gasteiger partial charge in [-0.1, -0.05) is 13.0 Å². The fourth-order valence-corrected chi connectivity index (χ4v) is 2.35. The summed E-state index contributed by atoms with van der Waals surface area (Å²) >= 11 is 1.55. The zero-order valence-electron chi connectivity index (χ0n) is 9.49. The summed E-state index contributed by atoms with van der Waals surface area (Å²) in [4.78, 5) is 0. The second-order valence-corrected chi connectivity index (χ2v) is 4.57. The molecule has 0 saturated heterocycles. The molecule has 0 radical (unpaired) electrons. The van der Waals surface area contributed by atoms with E-state index in [9.17, 15) is 0 Å². The average Bonchev–Trinajstić information content (AvgIpc) is 2.75. The van der Waals surface area contributed by atoms with E-state index < -0.39 is 0 Å². The number of aryl methyl sites for hydroxylation is 1. The van der Waals surface area contributed by atoms with Gasteiger partial charge in [-0.2, -0.15) is 0 Å². The molecule has 3 heteroatoms. The number of thiophene rings is 1. The number of nitrogen functional groups attached to an aromatic ring is 1. The number of rotatable bonds is 3. The van der Waals surface area contributed by atoms with Gasteiger partial charge in [0, 0.05) is 10.9 Å². The number of hydrogen-bond donors (Lipinski definition) is 1. The van der Waals surface area contributed by atoms with E-state index in [1.165, 1.54) is 5.56 Å². The lowest BCUT2D eigenvalue weighted by Gasteiger charge is -2.08. The first-order valence-corrected chi connectivity index (χ1v) is 6.14. The lowest BCUT2D eigenvalue weighted by molar-refractivity contribution is 0.416. The highest BCUT2D eigenvalue weighted by atomic mass is 32.1. The van der Waals surface area contributed by atoms with Crippen LogP contribution in [0.15, 0.2) is 29.6 Å². The monoisotopic (exact) mass is 233 g/mol. The van der Waals surface area contributed by atoms with Crippen LogP contribution in [0.4, 0.5) is 5.00 Å².